The molecule has 1 heterocycles. The Balaban J connectivity index is 0.00000312. The van der Waals surface area contributed by atoms with Gasteiger partial charge in [-0.3, -0.25) is 4.99 Å². The van der Waals surface area contributed by atoms with Gasteiger partial charge in [-0.2, -0.15) is 0 Å². The van der Waals surface area contributed by atoms with Crippen molar-refractivity contribution in [2.75, 3.05) is 26.2 Å². The fourth-order valence-corrected chi connectivity index (χ4v) is 2.79. The number of aliphatic imine (C=N–C) groups is 1. The number of nitrogens with one attached hydrogen (secondary N) is 2. The molecular weight excluding hydrogens is 454 g/mol. The van der Waals surface area contributed by atoms with Crippen LogP contribution in [0.4, 0.5) is 4.39 Å². The van der Waals surface area contributed by atoms with E-state index in [0.29, 0.717) is 25.4 Å². The molecule has 0 aliphatic rings. The van der Waals surface area contributed by atoms with E-state index in [4.69, 9.17) is 4.74 Å². The number of hydrogen-bond donors (Lipinski definition) is 2. The number of aryl methyl sites for hydroxylation is 1. The average Bonchev–Trinajstić information content (AvgIpc) is 2.97. The van der Waals surface area contributed by atoms with Crippen molar-refractivity contribution >= 4 is 41.3 Å². The molecule has 2 aromatic rings. The van der Waals surface area contributed by atoms with Gasteiger partial charge < -0.3 is 15.4 Å². The Morgan fingerprint density at radius 1 is 1.36 bits per heavy atom. The Labute approximate surface area is 169 Å². The second kappa shape index (κ2) is 12.0. The Bertz CT molecular complexity index is 666. The Kier molecular flexibility index (Phi) is 10.4. The van der Waals surface area contributed by atoms with E-state index in [0.717, 1.165) is 23.9 Å². The lowest BCUT2D eigenvalue weighted by molar-refractivity contribution is 0.320. The first-order valence-electron chi connectivity index (χ1n) is 7.99. The lowest BCUT2D eigenvalue weighted by Crippen LogP contribution is -2.39. The van der Waals surface area contributed by atoms with Gasteiger partial charge in [-0.15, -0.1) is 35.3 Å². The second-order valence-electron chi connectivity index (χ2n) is 5.11. The first-order chi connectivity index (χ1) is 11.7. The van der Waals surface area contributed by atoms with Crippen LogP contribution in [0.1, 0.15) is 16.8 Å². The molecule has 0 unspecified atom stereocenters. The molecule has 0 aliphatic carbocycles. The molecule has 0 aliphatic heterocycles. The van der Waals surface area contributed by atoms with Crippen molar-refractivity contribution in [1.82, 2.24) is 15.6 Å². The molecule has 0 spiro atoms. The summed E-state index contributed by atoms with van der Waals surface area (Å²) in [7, 11) is 0. The van der Waals surface area contributed by atoms with Gasteiger partial charge in [0, 0.05) is 36.7 Å². The number of hydrogen-bond acceptors (Lipinski definition) is 4. The number of benzene rings is 1. The third kappa shape index (κ3) is 8.48. The zero-order chi connectivity index (χ0) is 17.2. The van der Waals surface area contributed by atoms with Crippen LogP contribution in [0.2, 0.25) is 0 Å². The molecule has 0 saturated carbocycles. The van der Waals surface area contributed by atoms with Gasteiger partial charge in [0.05, 0.1) is 11.6 Å². The van der Waals surface area contributed by atoms with E-state index >= 15 is 0 Å². The monoisotopic (exact) mass is 478 g/mol. The number of guanidine groups is 1. The summed E-state index contributed by atoms with van der Waals surface area (Å²) in [5.41, 5.74) is 0. The number of ether oxygens (including phenoxy) is 1. The summed E-state index contributed by atoms with van der Waals surface area (Å²) in [6.07, 6.45) is 2.71. The first-order valence-corrected chi connectivity index (χ1v) is 8.81. The number of halogens is 2. The van der Waals surface area contributed by atoms with Crippen LogP contribution in [0, 0.1) is 12.7 Å². The summed E-state index contributed by atoms with van der Waals surface area (Å²) in [4.78, 5) is 10.1. The van der Waals surface area contributed by atoms with Crippen LogP contribution in [0.15, 0.2) is 35.5 Å². The zero-order valence-electron chi connectivity index (χ0n) is 14.4. The van der Waals surface area contributed by atoms with Gasteiger partial charge >= 0.3 is 0 Å². The predicted molar refractivity (Wildman–Crippen MR) is 112 cm³/mol. The Hall–Kier alpha value is -1.42. The van der Waals surface area contributed by atoms with Crippen LogP contribution in [0.3, 0.4) is 0 Å². The molecule has 25 heavy (non-hydrogen) atoms. The highest BCUT2D eigenvalue weighted by Crippen LogP contribution is 2.12. The molecule has 1 aromatic carbocycles. The van der Waals surface area contributed by atoms with Crippen LogP contribution in [-0.4, -0.2) is 37.2 Å². The molecule has 8 heteroatoms. The van der Waals surface area contributed by atoms with Crippen molar-refractivity contribution in [3.8, 4) is 5.75 Å². The van der Waals surface area contributed by atoms with E-state index in [1.165, 1.54) is 17.0 Å². The molecule has 0 amide bonds. The molecule has 0 bridgehead atoms. The van der Waals surface area contributed by atoms with Crippen molar-refractivity contribution in [3.63, 3.8) is 0 Å². The zero-order valence-corrected chi connectivity index (χ0v) is 17.6. The highest BCUT2D eigenvalue weighted by Gasteiger charge is 2.01. The first kappa shape index (κ1) is 21.6. The van der Waals surface area contributed by atoms with Gasteiger partial charge in [-0.05, 0) is 26.0 Å². The molecule has 0 saturated heterocycles. The number of thiazole rings is 1. The normalized spacial score (nSPS) is 10.9. The van der Waals surface area contributed by atoms with Crippen LogP contribution >= 0.6 is 35.3 Å². The number of aromatic nitrogens is 1. The predicted octanol–water partition coefficient (Wildman–Crippen LogP) is 3.39. The maximum Gasteiger partial charge on any atom is 0.191 e. The van der Waals surface area contributed by atoms with Crippen LogP contribution in [0.25, 0.3) is 0 Å². The molecule has 138 valence electrons. The molecule has 2 rings (SSSR count). The van der Waals surface area contributed by atoms with Gasteiger partial charge in [-0.25, -0.2) is 9.37 Å². The van der Waals surface area contributed by atoms with Gasteiger partial charge in [-0.1, -0.05) is 6.07 Å². The molecule has 0 radical (unpaired) electrons. The van der Waals surface area contributed by atoms with Gasteiger partial charge in [0.15, 0.2) is 5.96 Å². The summed E-state index contributed by atoms with van der Waals surface area (Å²) < 4.78 is 18.6. The SMILES string of the molecule is CCNC(=NCCc1ncc(C)s1)NCCOc1cccc(F)c1.I. The summed E-state index contributed by atoms with van der Waals surface area (Å²) in [6.45, 7) is 6.54. The average molecular weight is 478 g/mol. The minimum absolute atomic E-state index is 0. The maximum atomic E-state index is 13.1. The van der Waals surface area contributed by atoms with Crippen LogP contribution in [-0.2, 0) is 6.42 Å². The Morgan fingerprint density at radius 2 is 2.20 bits per heavy atom. The fourth-order valence-electron chi connectivity index (χ4n) is 2.02. The third-order valence-electron chi connectivity index (χ3n) is 3.07. The van der Waals surface area contributed by atoms with Crippen molar-refractivity contribution in [3.05, 3.63) is 46.2 Å². The van der Waals surface area contributed by atoms with E-state index in [-0.39, 0.29) is 29.8 Å². The van der Waals surface area contributed by atoms with Gasteiger partial charge in [0.25, 0.3) is 0 Å². The minimum atomic E-state index is -0.298. The van der Waals surface area contributed by atoms with Crippen molar-refractivity contribution in [2.24, 2.45) is 4.99 Å². The van der Waals surface area contributed by atoms with E-state index in [9.17, 15) is 4.39 Å². The molecular formula is C17H24FIN4OS. The summed E-state index contributed by atoms with van der Waals surface area (Å²) in [6, 6.07) is 6.13. The topological polar surface area (TPSA) is 58.5 Å². The highest BCUT2D eigenvalue weighted by atomic mass is 127. The van der Waals surface area contributed by atoms with Crippen molar-refractivity contribution < 1.29 is 9.13 Å². The van der Waals surface area contributed by atoms with Crippen molar-refractivity contribution in [2.45, 2.75) is 20.3 Å². The van der Waals surface area contributed by atoms with Gasteiger partial charge in [0.2, 0.25) is 0 Å². The van der Waals surface area contributed by atoms with Crippen molar-refractivity contribution in [1.29, 1.82) is 0 Å². The third-order valence-corrected chi connectivity index (χ3v) is 4.04. The Morgan fingerprint density at radius 3 is 2.88 bits per heavy atom. The largest absolute Gasteiger partial charge is 0.492 e. The number of nitrogens with zero attached hydrogens (tertiary/aromatic N) is 2. The van der Waals surface area contributed by atoms with E-state index < -0.39 is 0 Å². The summed E-state index contributed by atoms with van der Waals surface area (Å²) >= 11 is 1.70. The molecule has 2 N–H and O–H groups in total. The fraction of sp³-hybridized carbons (Fsp3) is 0.412. The molecule has 0 fully saturated rings. The van der Waals surface area contributed by atoms with E-state index in [1.54, 1.807) is 23.5 Å². The summed E-state index contributed by atoms with van der Waals surface area (Å²) in [5.74, 6) is 0.972. The standard InChI is InChI=1S/C17H23FN4OS.HI/c1-3-19-17(20-8-7-16-22-12-13(2)24-16)21-9-10-23-15-6-4-5-14(18)11-15;/h4-6,11-12H,3,7-10H2,1-2H3,(H2,19,20,21);1H. The molecule has 5 nitrogen and oxygen atoms in total. The smallest absolute Gasteiger partial charge is 0.191 e. The van der Waals surface area contributed by atoms with Crippen LogP contribution in [0.5, 0.6) is 5.75 Å². The highest BCUT2D eigenvalue weighted by molar-refractivity contribution is 14.0. The lowest BCUT2D eigenvalue weighted by Gasteiger charge is -2.12. The summed E-state index contributed by atoms with van der Waals surface area (Å²) in [5, 5.41) is 7.49. The second-order valence-corrected chi connectivity index (χ2v) is 6.43. The van der Waals surface area contributed by atoms with Crippen LogP contribution < -0.4 is 15.4 Å². The van der Waals surface area contributed by atoms with Gasteiger partial charge in [0.1, 0.15) is 18.2 Å². The minimum Gasteiger partial charge on any atom is -0.492 e. The quantitative estimate of drug-likeness (QED) is 0.265. The molecule has 1 aromatic heterocycles. The molecule has 0 atom stereocenters. The number of rotatable bonds is 8. The van der Waals surface area contributed by atoms with E-state index in [2.05, 4.69) is 27.5 Å². The maximum absolute atomic E-state index is 13.1. The lowest BCUT2D eigenvalue weighted by atomic mass is 10.3. The van der Waals surface area contributed by atoms with E-state index in [1.807, 2.05) is 13.1 Å².